The number of aryl methyl sites for hydroxylation is 3. The van der Waals surface area contributed by atoms with Gasteiger partial charge < -0.3 is 0 Å². The number of non-ortho nitro benzene ring substituents is 1. The van der Waals surface area contributed by atoms with Gasteiger partial charge in [0, 0.05) is 28.1 Å². The number of hydrogen-bond donors (Lipinski definition) is 1. The molecule has 1 N–H and O–H groups in total. The highest BCUT2D eigenvalue weighted by Crippen LogP contribution is 2.34. The summed E-state index contributed by atoms with van der Waals surface area (Å²) in [5.41, 5.74) is 4.35. The van der Waals surface area contributed by atoms with E-state index in [1.54, 1.807) is 6.07 Å². The molecule has 1 amide bonds. The van der Waals surface area contributed by atoms with Crippen LogP contribution >= 0.6 is 11.3 Å². The maximum Gasteiger partial charge on any atom is 0.270 e. The average molecular weight is 395 g/mol. The number of carbonyl (C=O) groups excluding carboxylic acids is 1. The Morgan fingerprint density at radius 2 is 2.00 bits per heavy atom. The molecule has 0 bridgehead atoms. The van der Waals surface area contributed by atoms with Crippen molar-refractivity contribution in [3.05, 3.63) is 74.1 Å². The normalized spacial score (nSPS) is 10.7. The molecule has 0 saturated carbocycles. The van der Waals surface area contributed by atoms with Gasteiger partial charge in [0.05, 0.1) is 10.6 Å². The Labute approximate surface area is 167 Å². The fraction of sp³-hybridized carbons (Fsp3) is 0.238. The third-order valence-electron chi connectivity index (χ3n) is 4.36. The summed E-state index contributed by atoms with van der Waals surface area (Å²) >= 11 is 1.45. The minimum atomic E-state index is -0.516. The fourth-order valence-electron chi connectivity index (χ4n) is 2.93. The van der Waals surface area contributed by atoms with Crippen molar-refractivity contribution in [3.8, 4) is 11.3 Å². The van der Waals surface area contributed by atoms with Crippen LogP contribution in [-0.4, -0.2) is 15.8 Å². The molecule has 0 saturated heterocycles. The second-order valence-corrected chi connectivity index (χ2v) is 7.70. The number of carbonyl (C=O) groups is 1. The summed E-state index contributed by atoms with van der Waals surface area (Å²) in [6.07, 6.45) is 1.84. The molecule has 3 aromatic rings. The SMILES string of the molecule is CCCc1sc(NC(=O)c2cccc([N+](=O)[O-])c2)nc1-c1cc(C)ccc1C. The van der Waals surface area contributed by atoms with E-state index in [0.717, 1.165) is 40.1 Å². The zero-order chi connectivity index (χ0) is 20.3. The molecular formula is C21H21N3O3S. The number of hydrogen-bond acceptors (Lipinski definition) is 5. The van der Waals surface area contributed by atoms with Crippen LogP contribution in [0.1, 0.15) is 39.7 Å². The smallest absolute Gasteiger partial charge is 0.270 e. The standard InChI is InChI=1S/C21H21N3O3S/c1-4-6-18-19(17-11-13(2)9-10-14(17)3)22-21(28-18)23-20(25)15-7-5-8-16(12-15)24(26)27/h5,7-12H,4,6H2,1-3H3,(H,22,23,25). The molecule has 0 fully saturated rings. The van der Waals surface area contributed by atoms with Crippen molar-refractivity contribution >= 4 is 28.1 Å². The minimum Gasteiger partial charge on any atom is -0.298 e. The molecule has 1 heterocycles. The summed E-state index contributed by atoms with van der Waals surface area (Å²) in [7, 11) is 0. The predicted octanol–water partition coefficient (Wildman–Crippen LogP) is 5.54. The number of nitrogens with one attached hydrogen (secondary N) is 1. The first-order valence-corrected chi connectivity index (χ1v) is 9.83. The third kappa shape index (κ3) is 4.26. The largest absolute Gasteiger partial charge is 0.298 e. The number of amides is 1. The summed E-state index contributed by atoms with van der Waals surface area (Å²) in [5.74, 6) is -0.409. The van der Waals surface area contributed by atoms with Crippen LogP contribution < -0.4 is 5.32 Å². The molecule has 3 rings (SSSR count). The van der Waals surface area contributed by atoms with Gasteiger partial charge in [-0.15, -0.1) is 11.3 Å². The molecule has 0 unspecified atom stereocenters. The molecule has 0 aliphatic heterocycles. The summed E-state index contributed by atoms with van der Waals surface area (Å²) < 4.78 is 0. The molecule has 28 heavy (non-hydrogen) atoms. The van der Waals surface area contributed by atoms with Gasteiger partial charge in [-0.1, -0.05) is 37.1 Å². The van der Waals surface area contributed by atoms with E-state index in [-0.39, 0.29) is 11.3 Å². The number of benzene rings is 2. The number of rotatable bonds is 6. The first-order valence-electron chi connectivity index (χ1n) is 9.02. The van der Waals surface area contributed by atoms with Gasteiger partial charge in [-0.3, -0.25) is 20.2 Å². The second kappa shape index (κ2) is 8.31. The Morgan fingerprint density at radius 1 is 1.21 bits per heavy atom. The molecule has 7 heteroatoms. The molecule has 1 aromatic heterocycles. The molecule has 144 valence electrons. The summed E-state index contributed by atoms with van der Waals surface area (Å²) in [5, 5.41) is 14.2. The van der Waals surface area contributed by atoms with E-state index in [1.165, 1.54) is 29.5 Å². The van der Waals surface area contributed by atoms with Gasteiger partial charge in [-0.2, -0.15) is 0 Å². The number of anilines is 1. The minimum absolute atomic E-state index is 0.116. The van der Waals surface area contributed by atoms with E-state index in [9.17, 15) is 14.9 Å². The zero-order valence-electron chi connectivity index (χ0n) is 16.0. The lowest BCUT2D eigenvalue weighted by molar-refractivity contribution is -0.384. The predicted molar refractivity (Wildman–Crippen MR) is 112 cm³/mol. The number of nitro benzene ring substituents is 1. The number of nitro groups is 1. The van der Waals surface area contributed by atoms with Gasteiger partial charge in [-0.05, 0) is 38.0 Å². The van der Waals surface area contributed by atoms with Crippen LogP contribution in [-0.2, 0) is 6.42 Å². The highest BCUT2D eigenvalue weighted by atomic mass is 32.1. The highest BCUT2D eigenvalue weighted by molar-refractivity contribution is 7.16. The lowest BCUT2D eigenvalue weighted by Crippen LogP contribution is -2.11. The van der Waals surface area contributed by atoms with E-state index in [0.29, 0.717) is 5.13 Å². The van der Waals surface area contributed by atoms with Gasteiger partial charge in [0.25, 0.3) is 11.6 Å². The van der Waals surface area contributed by atoms with Gasteiger partial charge in [0.1, 0.15) is 0 Å². The molecule has 6 nitrogen and oxygen atoms in total. The Hall–Kier alpha value is -3.06. The van der Waals surface area contributed by atoms with Crippen LogP contribution in [0.25, 0.3) is 11.3 Å². The highest BCUT2D eigenvalue weighted by Gasteiger charge is 2.18. The van der Waals surface area contributed by atoms with Gasteiger partial charge in [0.2, 0.25) is 0 Å². The van der Waals surface area contributed by atoms with Crippen molar-refractivity contribution in [3.63, 3.8) is 0 Å². The van der Waals surface area contributed by atoms with E-state index >= 15 is 0 Å². The lowest BCUT2D eigenvalue weighted by Gasteiger charge is -2.06. The summed E-state index contributed by atoms with van der Waals surface area (Å²) in [6, 6.07) is 11.9. The molecule has 0 spiro atoms. The van der Waals surface area contributed by atoms with Crippen molar-refractivity contribution in [2.45, 2.75) is 33.6 Å². The Kier molecular flexibility index (Phi) is 5.84. The van der Waals surface area contributed by atoms with Gasteiger partial charge in [0.15, 0.2) is 5.13 Å². The quantitative estimate of drug-likeness (QED) is 0.439. The Bertz CT molecular complexity index is 1040. The topological polar surface area (TPSA) is 85.1 Å². The van der Waals surface area contributed by atoms with Crippen molar-refractivity contribution in [2.24, 2.45) is 0 Å². The molecule has 2 aromatic carbocycles. The van der Waals surface area contributed by atoms with Crippen LogP contribution in [0.2, 0.25) is 0 Å². The summed E-state index contributed by atoms with van der Waals surface area (Å²) in [6.45, 7) is 6.19. The maximum absolute atomic E-state index is 12.6. The molecule has 0 atom stereocenters. The van der Waals surface area contributed by atoms with Gasteiger partial charge >= 0.3 is 0 Å². The van der Waals surface area contributed by atoms with Crippen LogP contribution in [0.3, 0.4) is 0 Å². The Morgan fingerprint density at radius 3 is 2.71 bits per heavy atom. The van der Waals surface area contributed by atoms with Crippen molar-refractivity contribution in [1.29, 1.82) is 0 Å². The van der Waals surface area contributed by atoms with Crippen LogP contribution in [0.15, 0.2) is 42.5 Å². The first-order chi connectivity index (χ1) is 13.4. The van der Waals surface area contributed by atoms with Crippen molar-refractivity contribution in [1.82, 2.24) is 4.98 Å². The van der Waals surface area contributed by atoms with E-state index in [1.807, 2.05) is 13.8 Å². The maximum atomic E-state index is 12.6. The number of nitrogens with zero attached hydrogens (tertiary/aromatic N) is 2. The average Bonchev–Trinajstić information content (AvgIpc) is 3.06. The van der Waals surface area contributed by atoms with Crippen molar-refractivity contribution < 1.29 is 9.72 Å². The third-order valence-corrected chi connectivity index (χ3v) is 5.39. The van der Waals surface area contributed by atoms with Crippen LogP contribution in [0.5, 0.6) is 0 Å². The van der Waals surface area contributed by atoms with E-state index < -0.39 is 10.8 Å². The fourth-order valence-corrected chi connectivity index (χ4v) is 4.01. The molecule has 0 aliphatic rings. The van der Waals surface area contributed by atoms with Crippen LogP contribution in [0, 0.1) is 24.0 Å². The molecule has 0 aliphatic carbocycles. The van der Waals surface area contributed by atoms with Crippen molar-refractivity contribution in [2.75, 3.05) is 5.32 Å². The first kappa shape index (κ1) is 19.7. The lowest BCUT2D eigenvalue weighted by atomic mass is 10.0. The molecular weight excluding hydrogens is 374 g/mol. The summed E-state index contributed by atoms with van der Waals surface area (Å²) in [4.78, 5) is 28.8. The van der Waals surface area contributed by atoms with Gasteiger partial charge in [-0.25, -0.2) is 4.98 Å². The van der Waals surface area contributed by atoms with E-state index in [2.05, 4.69) is 35.4 Å². The Balaban J connectivity index is 1.93. The monoisotopic (exact) mass is 395 g/mol. The number of thiazole rings is 1. The molecule has 0 radical (unpaired) electrons. The number of aromatic nitrogens is 1. The van der Waals surface area contributed by atoms with Crippen LogP contribution in [0.4, 0.5) is 10.8 Å². The zero-order valence-corrected chi connectivity index (χ0v) is 16.8. The second-order valence-electron chi connectivity index (χ2n) is 6.62. The van der Waals surface area contributed by atoms with E-state index in [4.69, 9.17) is 0 Å².